The van der Waals surface area contributed by atoms with Gasteiger partial charge in [-0.2, -0.15) is 5.10 Å². The van der Waals surface area contributed by atoms with Crippen LogP contribution in [0.1, 0.15) is 22.8 Å². The van der Waals surface area contributed by atoms with Crippen LogP contribution in [-0.2, 0) is 6.42 Å². The lowest BCUT2D eigenvalue weighted by Gasteiger charge is -2.05. The fraction of sp³-hybridized carbons (Fsp3) is 0.200. The normalized spacial score (nSPS) is 10.9. The molecule has 0 amide bonds. The molecule has 0 unspecified atom stereocenters. The first-order valence-corrected chi connectivity index (χ1v) is 5.06. The topological polar surface area (TPSA) is 74.8 Å². The van der Waals surface area contributed by atoms with Gasteiger partial charge >= 0.3 is 5.97 Å². The molecule has 0 spiro atoms. The third-order valence-corrected chi connectivity index (χ3v) is 2.67. The van der Waals surface area contributed by atoms with Crippen molar-refractivity contribution in [2.45, 2.75) is 13.3 Å². The van der Waals surface area contributed by atoms with Gasteiger partial charge in [-0.15, -0.1) is 0 Å². The van der Waals surface area contributed by atoms with Gasteiger partial charge in [-0.1, -0.05) is 18.5 Å². The van der Waals surface area contributed by atoms with Gasteiger partial charge in [-0.05, 0) is 18.1 Å². The highest BCUT2D eigenvalue weighted by Gasteiger charge is 2.21. The van der Waals surface area contributed by atoms with Crippen molar-refractivity contribution < 1.29 is 15.0 Å². The fourth-order valence-electron chi connectivity index (χ4n) is 1.64. The van der Waals surface area contributed by atoms with E-state index >= 15 is 0 Å². The van der Waals surface area contributed by atoms with Crippen LogP contribution in [0.4, 0.5) is 0 Å². The van der Waals surface area contributed by atoms with Crippen LogP contribution in [0.2, 0.25) is 5.15 Å². The van der Waals surface area contributed by atoms with Crippen LogP contribution in [0.5, 0.6) is 5.75 Å². The van der Waals surface area contributed by atoms with Crippen LogP contribution in [0.25, 0.3) is 5.52 Å². The van der Waals surface area contributed by atoms with Crippen molar-refractivity contribution in [2.75, 3.05) is 0 Å². The van der Waals surface area contributed by atoms with Crippen molar-refractivity contribution in [1.29, 1.82) is 0 Å². The Hall–Kier alpha value is -1.75. The summed E-state index contributed by atoms with van der Waals surface area (Å²) in [4.78, 5) is 10.9. The van der Waals surface area contributed by atoms with E-state index in [4.69, 9.17) is 16.7 Å². The molecule has 2 N–H and O–H groups in total. The molecule has 84 valence electrons. The van der Waals surface area contributed by atoms with Crippen LogP contribution < -0.4 is 0 Å². The number of carboxylic acid groups (broad SMARTS) is 1. The maximum Gasteiger partial charge on any atom is 0.342 e. The van der Waals surface area contributed by atoms with E-state index in [-0.39, 0.29) is 16.5 Å². The van der Waals surface area contributed by atoms with E-state index in [9.17, 15) is 9.90 Å². The first-order chi connectivity index (χ1) is 7.56. The quantitative estimate of drug-likeness (QED) is 0.841. The molecule has 0 bridgehead atoms. The summed E-state index contributed by atoms with van der Waals surface area (Å²) in [5, 5.41) is 22.4. The second kappa shape index (κ2) is 3.68. The zero-order valence-electron chi connectivity index (χ0n) is 8.44. The highest BCUT2D eigenvalue weighted by molar-refractivity contribution is 6.32. The number of aryl methyl sites for hydroxylation is 1. The first kappa shape index (κ1) is 10.8. The van der Waals surface area contributed by atoms with E-state index in [0.717, 1.165) is 5.56 Å². The third kappa shape index (κ3) is 1.40. The second-order valence-electron chi connectivity index (χ2n) is 3.31. The number of hydrogen-bond donors (Lipinski definition) is 2. The molecule has 6 heteroatoms. The highest BCUT2D eigenvalue weighted by Crippen LogP contribution is 2.31. The molecule has 0 aliphatic rings. The van der Waals surface area contributed by atoms with Gasteiger partial charge < -0.3 is 10.2 Å². The summed E-state index contributed by atoms with van der Waals surface area (Å²) in [6, 6.07) is 1.77. The van der Waals surface area contributed by atoms with E-state index in [1.807, 2.05) is 6.92 Å². The van der Waals surface area contributed by atoms with Gasteiger partial charge in [0.25, 0.3) is 0 Å². The molecule has 2 rings (SSSR count). The molecule has 2 heterocycles. The van der Waals surface area contributed by atoms with Gasteiger partial charge in [-0.3, -0.25) is 0 Å². The second-order valence-corrected chi connectivity index (χ2v) is 3.67. The summed E-state index contributed by atoms with van der Waals surface area (Å²) in [5.41, 5.74) is 0.857. The van der Waals surface area contributed by atoms with E-state index in [2.05, 4.69) is 5.10 Å². The molecule has 0 saturated heterocycles. The number of halogens is 1. The highest BCUT2D eigenvalue weighted by atomic mass is 35.5. The molecule has 0 aliphatic heterocycles. The van der Waals surface area contributed by atoms with Gasteiger partial charge in [0, 0.05) is 6.20 Å². The number of fused-ring (bicyclic) bond motifs is 1. The van der Waals surface area contributed by atoms with Crippen molar-refractivity contribution in [3.8, 4) is 5.75 Å². The van der Waals surface area contributed by atoms with E-state index < -0.39 is 5.97 Å². The average molecular weight is 241 g/mol. The van der Waals surface area contributed by atoms with Crippen LogP contribution in [0.15, 0.2) is 12.3 Å². The van der Waals surface area contributed by atoms with Crippen molar-refractivity contribution >= 4 is 23.1 Å². The van der Waals surface area contributed by atoms with Gasteiger partial charge in [0.05, 0.1) is 0 Å². The maximum atomic E-state index is 10.9. The lowest BCUT2D eigenvalue weighted by Crippen LogP contribution is -2.04. The van der Waals surface area contributed by atoms with Crippen molar-refractivity contribution in [3.05, 3.63) is 28.5 Å². The molecule has 5 nitrogen and oxygen atoms in total. The Balaban J connectivity index is 2.88. The molecule has 0 atom stereocenters. The van der Waals surface area contributed by atoms with E-state index in [1.54, 1.807) is 12.3 Å². The Morgan fingerprint density at radius 1 is 1.62 bits per heavy atom. The standard InChI is InChI=1S/C10H9ClN2O3/c1-2-5-3-4-13-7(5)8(14)6(10(15)16)9(11)12-13/h3-4,14H,2H2,1H3,(H,15,16). The summed E-state index contributed by atoms with van der Waals surface area (Å²) in [6.45, 7) is 1.91. The monoisotopic (exact) mass is 240 g/mol. The zero-order chi connectivity index (χ0) is 11.9. The smallest absolute Gasteiger partial charge is 0.342 e. The summed E-state index contributed by atoms with van der Waals surface area (Å²) < 4.78 is 1.38. The molecule has 0 aromatic carbocycles. The number of carboxylic acids is 1. The minimum absolute atomic E-state index is 0.226. The molecular weight excluding hydrogens is 232 g/mol. The molecule has 0 radical (unpaired) electrons. The Kier molecular flexibility index (Phi) is 2.47. The molecule has 16 heavy (non-hydrogen) atoms. The fourth-order valence-corrected chi connectivity index (χ4v) is 1.89. The number of nitrogens with zero attached hydrogens (tertiary/aromatic N) is 2. The van der Waals surface area contributed by atoms with Crippen molar-refractivity contribution in [2.24, 2.45) is 0 Å². The number of carbonyl (C=O) groups is 1. The van der Waals surface area contributed by atoms with Crippen LogP contribution >= 0.6 is 11.6 Å². The van der Waals surface area contributed by atoms with E-state index in [0.29, 0.717) is 11.9 Å². The van der Waals surface area contributed by atoms with Gasteiger partial charge in [0.15, 0.2) is 10.9 Å². The summed E-state index contributed by atoms with van der Waals surface area (Å²) in [6.07, 6.45) is 2.30. The molecular formula is C10H9ClN2O3. The number of aromatic nitrogens is 2. The SMILES string of the molecule is CCc1ccn2nc(Cl)c(C(=O)O)c(O)c12. The minimum Gasteiger partial charge on any atom is -0.505 e. The minimum atomic E-state index is -1.29. The van der Waals surface area contributed by atoms with Gasteiger partial charge in [-0.25, -0.2) is 9.31 Å². The Bertz CT molecular complexity index is 577. The van der Waals surface area contributed by atoms with Crippen molar-refractivity contribution in [3.63, 3.8) is 0 Å². The zero-order valence-corrected chi connectivity index (χ0v) is 9.19. The third-order valence-electron chi connectivity index (χ3n) is 2.41. The first-order valence-electron chi connectivity index (χ1n) is 4.68. The lowest BCUT2D eigenvalue weighted by molar-refractivity contribution is 0.0693. The van der Waals surface area contributed by atoms with Crippen LogP contribution in [0, 0.1) is 0 Å². The largest absolute Gasteiger partial charge is 0.505 e. The van der Waals surface area contributed by atoms with E-state index in [1.165, 1.54) is 4.52 Å². The molecule has 0 saturated carbocycles. The van der Waals surface area contributed by atoms with Crippen molar-refractivity contribution in [1.82, 2.24) is 9.61 Å². The molecule has 2 aromatic rings. The molecule has 2 aromatic heterocycles. The predicted octanol–water partition coefficient (Wildman–Crippen LogP) is 1.95. The maximum absolute atomic E-state index is 10.9. The number of aromatic carboxylic acids is 1. The Morgan fingerprint density at radius 2 is 2.31 bits per heavy atom. The lowest BCUT2D eigenvalue weighted by atomic mass is 10.1. The number of hydrogen-bond acceptors (Lipinski definition) is 3. The Labute approximate surface area is 95.9 Å². The summed E-state index contributed by atoms with van der Waals surface area (Å²) in [5.74, 6) is -1.63. The number of rotatable bonds is 2. The van der Waals surface area contributed by atoms with Crippen LogP contribution in [0.3, 0.4) is 0 Å². The summed E-state index contributed by atoms with van der Waals surface area (Å²) >= 11 is 5.68. The van der Waals surface area contributed by atoms with Gasteiger partial charge in [0.2, 0.25) is 0 Å². The Morgan fingerprint density at radius 3 is 2.88 bits per heavy atom. The van der Waals surface area contributed by atoms with Gasteiger partial charge in [0.1, 0.15) is 11.1 Å². The molecule has 0 fully saturated rings. The molecule has 0 aliphatic carbocycles. The number of aromatic hydroxyl groups is 1. The predicted molar refractivity (Wildman–Crippen MR) is 58.2 cm³/mol. The summed E-state index contributed by atoms with van der Waals surface area (Å²) in [7, 11) is 0. The average Bonchev–Trinajstić information content (AvgIpc) is 2.59. The van der Waals surface area contributed by atoms with Crippen LogP contribution in [-0.4, -0.2) is 25.8 Å².